The lowest BCUT2D eigenvalue weighted by atomic mass is 10.1. The van der Waals surface area contributed by atoms with E-state index in [0.717, 1.165) is 21.5 Å². The van der Waals surface area contributed by atoms with E-state index in [1.807, 2.05) is 19.1 Å². The molecule has 1 unspecified atom stereocenters. The molecule has 1 rings (SSSR count). The van der Waals surface area contributed by atoms with Gasteiger partial charge in [0.25, 0.3) is 0 Å². The minimum absolute atomic E-state index is 0.389. The normalized spacial score (nSPS) is 12.3. The van der Waals surface area contributed by atoms with Crippen LogP contribution < -0.4 is 9.47 Å². The van der Waals surface area contributed by atoms with Gasteiger partial charge in [-0.25, -0.2) is 0 Å². The molecule has 4 heteroatoms. The van der Waals surface area contributed by atoms with Gasteiger partial charge in [-0.1, -0.05) is 0 Å². The van der Waals surface area contributed by atoms with E-state index < -0.39 is 0 Å². The third-order valence-corrected chi connectivity index (χ3v) is 2.77. The Kier molecular flexibility index (Phi) is 5.09. The van der Waals surface area contributed by atoms with Crippen LogP contribution in [0.1, 0.15) is 19.4 Å². The first-order chi connectivity index (χ1) is 7.58. The highest BCUT2D eigenvalue weighted by Gasteiger charge is 2.11. The van der Waals surface area contributed by atoms with Crippen LogP contribution in [0.25, 0.3) is 0 Å². The maximum absolute atomic E-state index is 9.41. The van der Waals surface area contributed by atoms with Gasteiger partial charge in [0.05, 0.1) is 24.3 Å². The minimum atomic E-state index is -0.389. The fourth-order valence-corrected chi connectivity index (χ4v) is 2.05. The molecule has 1 aromatic carbocycles. The summed E-state index contributed by atoms with van der Waals surface area (Å²) < 4.78 is 11.6. The zero-order chi connectivity index (χ0) is 12.1. The Morgan fingerprint density at radius 3 is 2.56 bits per heavy atom. The van der Waals surface area contributed by atoms with Gasteiger partial charge in [0, 0.05) is 12.5 Å². The average molecular weight is 289 g/mol. The fourth-order valence-electron chi connectivity index (χ4n) is 1.50. The SMILES string of the molecule is CCOc1cc(OC)c(Br)cc1CC(C)O. The lowest BCUT2D eigenvalue weighted by Crippen LogP contribution is -2.07. The van der Waals surface area contributed by atoms with Crippen molar-refractivity contribution in [1.29, 1.82) is 0 Å². The van der Waals surface area contributed by atoms with Gasteiger partial charge in [-0.05, 0) is 41.4 Å². The molecule has 3 nitrogen and oxygen atoms in total. The maximum atomic E-state index is 9.41. The van der Waals surface area contributed by atoms with Gasteiger partial charge in [0.15, 0.2) is 0 Å². The van der Waals surface area contributed by atoms with Gasteiger partial charge in [0.2, 0.25) is 0 Å². The average Bonchev–Trinajstić information content (AvgIpc) is 2.21. The molecular weight excluding hydrogens is 272 g/mol. The Balaban J connectivity index is 3.08. The van der Waals surface area contributed by atoms with Gasteiger partial charge in [0.1, 0.15) is 11.5 Å². The van der Waals surface area contributed by atoms with Crippen molar-refractivity contribution in [3.63, 3.8) is 0 Å². The summed E-state index contributed by atoms with van der Waals surface area (Å²) in [7, 11) is 1.62. The molecule has 0 fully saturated rings. The number of aliphatic hydroxyl groups excluding tert-OH is 1. The molecule has 0 aliphatic carbocycles. The van der Waals surface area contributed by atoms with Crippen molar-refractivity contribution in [2.45, 2.75) is 26.4 Å². The quantitative estimate of drug-likeness (QED) is 0.906. The lowest BCUT2D eigenvalue weighted by molar-refractivity contribution is 0.193. The van der Waals surface area contributed by atoms with Crippen LogP contribution in [0.4, 0.5) is 0 Å². The third kappa shape index (κ3) is 3.39. The summed E-state index contributed by atoms with van der Waals surface area (Å²) >= 11 is 3.42. The van der Waals surface area contributed by atoms with E-state index in [0.29, 0.717) is 13.0 Å². The Bertz CT molecular complexity index is 350. The highest BCUT2D eigenvalue weighted by atomic mass is 79.9. The number of halogens is 1. The predicted octanol–water partition coefficient (Wildman–Crippen LogP) is 2.78. The topological polar surface area (TPSA) is 38.7 Å². The molecule has 1 N–H and O–H groups in total. The smallest absolute Gasteiger partial charge is 0.136 e. The van der Waals surface area contributed by atoms with Crippen LogP contribution in [-0.2, 0) is 6.42 Å². The number of hydrogen-bond donors (Lipinski definition) is 1. The fraction of sp³-hybridized carbons (Fsp3) is 0.500. The maximum Gasteiger partial charge on any atom is 0.136 e. The van der Waals surface area contributed by atoms with Gasteiger partial charge >= 0.3 is 0 Å². The van der Waals surface area contributed by atoms with E-state index >= 15 is 0 Å². The molecule has 0 aliphatic rings. The first-order valence-corrected chi connectivity index (χ1v) is 6.05. The van der Waals surface area contributed by atoms with E-state index in [1.165, 1.54) is 0 Å². The summed E-state index contributed by atoms with van der Waals surface area (Å²) in [6.07, 6.45) is 0.178. The lowest BCUT2D eigenvalue weighted by Gasteiger charge is -2.14. The van der Waals surface area contributed by atoms with Crippen LogP contribution in [0.5, 0.6) is 11.5 Å². The second-order valence-electron chi connectivity index (χ2n) is 3.58. The van der Waals surface area contributed by atoms with E-state index in [1.54, 1.807) is 14.0 Å². The van der Waals surface area contributed by atoms with Crippen molar-refractivity contribution < 1.29 is 14.6 Å². The van der Waals surface area contributed by atoms with Crippen molar-refractivity contribution in [2.75, 3.05) is 13.7 Å². The predicted molar refractivity (Wildman–Crippen MR) is 67.2 cm³/mol. The second-order valence-corrected chi connectivity index (χ2v) is 4.43. The molecule has 0 spiro atoms. The highest BCUT2D eigenvalue weighted by Crippen LogP contribution is 2.33. The van der Waals surface area contributed by atoms with Crippen molar-refractivity contribution in [3.8, 4) is 11.5 Å². The van der Waals surface area contributed by atoms with Crippen LogP contribution in [0.3, 0.4) is 0 Å². The highest BCUT2D eigenvalue weighted by molar-refractivity contribution is 9.10. The van der Waals surface area contributed by atoms with Gasteiger partial charge in [-0.2, -0.15) is 0 Å². The molecule has 16 heavy (non-hydrogen) atoms. The molecule has 0 saturated heterocycles. The molecule has 0 radical (unpaired) electrons. The standard InChI is InChI=1S/C12H17BrO3/c1-4-16-11-7-12(15-3)10(13)6-9(11)5-8(2)14/h6-8,14H,4-5H2,1-3H3. The summed E-state index contributed by atoms with van der Waals surface area (Å²) in [4.78, 5) is 0. The van der Waals surface area contributed by atoms with Crippen LogP contribution >= 0.6 is 15.9 Å². The van der Waals surface area contributed by atoms with E-state index in [9.17, 15) is 5.11 Å². The number of benzene rings is 1. The molecule has 0 heterocycles. The summed E-state index contributed by atoms with van der Waals surface area (Å²) in [5.41, 5.74) is 0.976. The van der Waals surface area contributed by atoms with Crippen molar-refractivity contribution in [2.24, 2.45) is 0 Å². The zero-order valence-corrected chi connectivity index (χ0v) is 11.4. The third-order valence-electron chi connectivity index (χ3n) is 2.15. The first-order valence-electron chi connectivity index (χ1n) is 5.25. The molecule has 0 saturated carbocycles. The Morgan fingerprint density at radius 2 is 2.06 bits per heavy atom. The summed E-state index contributed by atoms with van der Waals surface area (Å²) in [6, 6.07) is 3.77. The number of aliphatic hydroxyl groups is 1. The van der Waals surface area contributed by atoms with Crippen LogP contribution in [0.15, 0.2) is 16.6 Å². The number of ether oxygens (including phenoxy) is 2. The van der Waals surface area contributed by atoms with Crippen molar-refractivity contribution in [3.05, 3.63) is 22.2 Å². The number of hydrogen-bond acceptors (Lipinski definition) is 3. The number of methoxy groups -OCH3 is 1. The largest absolute Gasteiger partial charge is 0.495 e. The van der Waals surface area contributed by atoms with E-state index in [4.69, 9.17) is 9.47 Å². The summed E-state index contributed by atoms with van der Waals surface area (Å²) in [5, 5.41) is 9.41. The Hall–Kier alpha value is -0.740. The van der Waals surface area contributed by atoms with Crippen LogP contribution in [-0.4, -0.2) is 24.9 Å². The molecule has 0 aliphatic heterocycles. The van der Waals surface area contributed by atoms with Gasteiger partial charge < -0.3 is 14.6 Å². The van der Waals surface area contributed by atoms with Crippen molar-refractivity contribution >= 4 is 15.9 Å². The summed E-state index contributed by atoms with van der Waals surface area (Å²) in [6.45, 7) is 4.28. The van der Waals surface area contributed by atoms with Crippen LogP contribution in [0, 0.1) is 0 Å². The molecular formula is C12H17BrO3. The van der Waals surface area contributed by atoms with Crippen molar-refractivity contribution in [1.82, 2.24) is 0 Å². The first kappa shape index (κ1) is 13.3. The van der Waals surface area contributed by atoms with Gasteiger partial charge in [-0.15, -0.1) is 0 Å². The molecule has 1 atom stereocenters. The van der Waals surface area contributed by atoms with Crippen LogP contribution in [0.2, 0.25) is 0 Å². The molecule has 1 aromatic rings. The minimum Gasteiger partial charge on any atom is -0.495 e. The Labute approximate surface area is 105 Å². The zero-order valence-electron chi connectivity index (χ0n) is 9.79. The van der Waals surface area contributed by atoms with Gasteiger partial charge in [-0.3, -0.25) is 0 Å². The monoisotopic (exact) mass is 288 g/mol. The molecule has 0 amide bonds. The Morgan fingerprint density at radius 1 is 1.38 bits per heavy atom. The molecule has 90 valence electrons. The molecule has 0 bridgehead atoms. The van der Waals surface area contributed by atoms with E-state index in [-0.39, 0.29) is 6.10 Å². The second kappa shape index (κ2) is 6.11. The summed E-state index contributed by atoms with van der Waals surface area (Å²) in [5.74, 6) is 1.50. The molecule has 0 aromatic heterocycles. The number of rotatable bonds is 5. The van der Waals surface area contributed by atoms with E-state index in [2.05, 4.69) is 15.9 Å².